The Bertz CT molecular complexity index is 1710. The fourth-order valence-corrected chi connectivity index (χ4v) is 6.87. The van der Waals surface area contributed by atoms with E-state index < -0.39 is 17.2 Å². The maximum Gasteiger partial charge on any atom is 0.308 e. The summed E-state index contributed by atoms with van der Waals surface area (Å²) in [5.41, 5.74) is 5.39. The minimum atomic E-state index is -0.719. The standard InChI is InChI=1S/C37H40ClF2N3O5/c1-22-25(13-17-41-36(22)48-19-14-31(44)46-2)21-42-37(15-16-37)35(45)32-27(20-26-9-12-30(32)43-26)24-7-5-23(6-8-24)4-3-18-47-34-29(40)11-10-28(39)33(34)38/h5-8,10-11,13,17,26,30,42-43H,3-4,9,12,14-16,18-21H2,1-2H3. The SMILES string of the molecule is COC(=O)CCOc1nccc(CNC2(C(=O)C3=C(c4ccc(CCCOc5c(F)ccc(F)c5Cl)cc4)CC4CCC3N4)CC2)c1C. The van der Waals surface area contributed by atoms with Gasteiger partial charge in [0.05, 0.1) is 25.7 Å². The molecule has 48 heavy (non-hydrogen) atoms. The number of hydrogen-bond donors (Lipinski definition) is 2. The molecule has 2 aromatic carbocycles. The van der Waals surface area contributed by atoms with Crippen molar-refractivity contribution >= 4 is 28.9 Å². The zero-order chi connectivity index (χ0) is 33.8. The molecular formula is C37H40ClF2N3O5. The molecule has 11 heteroatoms. The second-order valence-electron chi connectivity index (χ2n) is 12.8. The Balaban J connectivity index is 1.11. The molecule has 0 spiro atoms. The van der Waals surface area contributed by atoms with E-state index in [0.717, 1.165) is 77.6 Å². The average Bonchev–Trinajstić information content (AvgIpc) is 3.80. The Morgan fingerprint density at radius 2 is 1.81 bits per heavy atom. The van der Waals surface area contributed by atoms with Gasteiger partial charge in [0.1, 0.15) is 17.4 Å². The van der Waals surface area contributed by atoms with E-state index >= 15 is 0 Å². The Labute approximate surface area is 284 Å². The van der Waals surface area contributed by atoms with E-state index in [1.807, 2.05) is 13.0 Å². The molecule has 0 radical (unpaired) electrons. The van der Waals surface area contributed by atoms with Gasteiger partial charge in [-0.25, -0.2) is 13.8 Å². The number of benzene rings is 2. The van der Waals surface area contributed by atoms with Crippen LogP contribution < -0.4 is 20.1 Å². The summed E-state index contributed by atoms with van der Waals surface area (Å²) < 4.78 is 43.6. The molecule has 1 saturated heterocycles. The highest BCUT2D eigenvalue weighted by Crippen LogP contribution is 2.45. The van der Waals surface area contributed by atoms with Gasteiger partial charge in [0.15, 0.2) is 17.3 Å². The number of ketones is 1. The molecule has 6 rings (SSSR count). The van der Waals surface area contributed by atoms with Crippen LogP contribution in [-0.4, -0.2) is 54.7 Å². The molecule has 2 unspecified atom stereocenters. The van der Waals surface area contributed by atoms with E-state index in [0.29, 0.717) is 31.3 Å². The summed E-state index contributed by atoms with van der Waals surface area (Å²) in [6.45, 7) is 2.79. The summed E-state index contributed by atoms with van der Waals surface area (Å²) in [7, 11) is 1.34. The molecule has 254 valence electrons. The highest BCUT2D eigenvalue weighted by Gasteiger charge is 2.53. The van der Waals surface area contributed by atoms with Crippen LogP contribution in [0, 0.1) is 18.6 Å². The van der Waals surface area contributed by atoms with Gasteiger partial charge in [-0.05, 0) is 92.3 Å². The van der Waals surface area contributed by atoms with Crippen molar-refractivity contribution in [2.24, 2.45) is 0 Å². The van der Waals surface area contributed by atoms with Gasteiger partial charge in [-0.3, -0.25) is 9.59 Å². The number of rotatable bonds is 15. The molecule has 2 atom stereocenters. The third kappa shape index (κ3) is 7.41. The third-order valence-corrected chi connectivity index (χ3v) is 9.97. The van der Waals surface area contributed by atoms with Crippen LogP contribution in [0.3, 0.4) is 0 Å². The normalized spacial score (nSPS) is 19.3. The number of Topliss-reactive ketones (excluding diaryl/α,β-unsaturated/α-hetero) is 1. The molecule has 1 aliphatic carbocycles. The summed E-state index contributed by atoms with van der Waals surface area (Å²) in [6.07, 6.45) is 7.43. The van der Waals surface area contributed by atoms with Crippen molar-refractivity contribution in [2.75, 3.05) is 20.3 Å². The molecule has 2 N–H and O–H groups in total. The number of ether oxygens (including phenoxy) is 3. The number of nitrogens with one attached hydrogen (secondary N) is 2. The molecule has 2 bridgehead atoms. The largest absolute Gasteiger partial charge is 0.489 e. The van der Waals surface area contributed by atoms with Crippen LogP contribution in [0.2, 0.25) is 5.02 Å². The number of pyridine rings is 1. The second-order valence-corrected chi connectivity index (χ2v) is 13.1. The van der Waals surface area contributed by atoms with Gasteiger partial charge in [0.2, 0.25) is 5.88 Å². The lowest BCUT2D eigenvalue weighted by Crippen LogP contribution is -2.46. The van der Waals surface area contributed by atoms with Crippen molar-refractivity contribution in [3.05, 3.63) is 93.1 Å². The van der Waals surface area contributed by atoms with E-state index in [1.54, 1.807) is 6.20 Å². The fraction of sp³-hybridized carbons (Fsp3) is 0.432. The number of aromatic nitrogens is 1. The molecule has 3 heterocycles. The molecule has 1 saturated carbocycles. The summed E-state index contributed by atoms with van der Waals surface area (Å²) in [6, 6.07) is 12.6. The number of hydrogen-bond acceptors (Lipinski definition) is 8. The fourth-order valence-electron chi connectivity index (χ4n) is 6.66. The van der Waals surface area contributed by atoms with Crippen molar-refractivity contribution in [2.45, 2.75) is 82.5 Å². The van der Waals surface area contributed by atoms with Crippen LogP contribution in [0.4, 0.5) is 8.78 Å². The minimum absolute atomic E-state index is 0.0369. The van der Waals surface area contributed by atoms with Gasteiger partial charge in [-0.1, -0.05) is 35.9 Å². The van der Waals surface area contributed by atoms with Gasteiger partial charge in [0, 0.05) is 36.0 Å². The molecule has 3 aromatic rings. The Kier molecular flexibility index (Phi) is 10.4. The number of nitrogens with zero attached hydrogens (tertiary/aromatic N) is 1. The first-order valence-electron chi connectivity index (χ1n) is 16.5. The predicted octanol–water partition coefficient (Wildman–Crippen LogP) is 6.44. The summed E-state index contributed by atoms with van der Waals surface area (Å²) in [5.74, 6) is -1.38. The van der Waals surface area contributed by atoms with E-state index in [9.17, 15) is 18.4 Å². The van der Waals surface area contributed by atoms with Gasteiger partial charge in [0.25, 0.3) is 0 Å². The maximum atomic E-state index is 14.4. The zero-order valence-electron chi connectivity index (χ0n) is 27.2. The molecule has 2 fully saturated rings. The van der Waals surface area contributed by atoms with Crippen molar-refractivity contribution in [1.29, 1.82) is 0 Å². The Hall–Kier alpha value is -3.86. The van der Waals surface area contributed by atoms with Crippen LogP contribution in [0.15, 0.2) is 54.2 Å². The van der Waals surface area contributed by atoms with E-state index in [-0.39, 0.29) is 48.2 Å². The highest BCUT2D eigenvalue weighted by molar-refractivity contribution is 6.32. The van der Waals surface area contributed by atoms with Gasteiger partial charge >= 0.3 is 5.97 Å². The lowest BCUT2D eigenvalue weighted by molar-refractivity contribution is -0.141. The molecule has 0 amide bonds. The van der Waals surface area contributed by atoms with E-state index in [4.69, 9.17) is 21.1 Å². The number of carbonyl (C=O) groups is 2. The van der Waals surface area contributed by atoms with Crippen molar-refractivity contribution in [3.8, 4) is 11.6 Å². The molecular weight excluding hydrogens is 640 g/mol. The molecule has 2 aliphatic heterocycles. The molecule has 8 nitrogen and oxygen atoms in total. The van der Waals surface area contributed by atoms with Crippen LogP contribution in [0.1, 0.15) is 67.2 Å². The molecule has 1 aromatic heterocycles. The quantitative estimate of drug-likeness (QED) is 0.108. The number of esters is 1. The average molecular weight is 680 g/mol. The summed E-state index contributed by atoms with van der Waals surface area (Å²) >= 11 is 5.87. The maximum absolute atomic E-state index is 14.4. The first-order chi connectivity index (χ1) is 23.2. The zero-order valence-corrected chi connectivity index (χ0v) is 27.9. The van der Waals surface area contributed by atoms with Crippen LogP contribution in [0.5, 0.6) is 11.6 Å². The van der Waals surface area contributed by atoms with E-state index in [2.05, 4.69) is 44.6 Å². The van der Waals surface area contributed by atoms with Crippen LogP contribution >= 0.6 is 11.6 Å². The monoisotopic (exact) mass is 679 g/mol. The lowest BCUT2D eigenvalue weighted by atomic mass is 9.84. The number of methoxy groups -OCH3 is 1. The topological polar surface area (TPSA) is 98.8 Å². The first-order valence-corrected chi connectivity index (χ1v) is 16.9. The van der Waals surface area contributed by atoms with E-state index in [1.165, 1.54) is 7.11 Å². The highest BCUT2D eigenvalue weighted by atomic mass is 35.5. The van der Waals surface area contributed by atoms with Gasteiger partial charge < -0.3 is 24.8 Å². The van der Waals surface area contributed by atoms with Gasteiger partial charge in [-0.2, -0.15) is 0 Å². The van der Waals surface area contributed by atoms with Crippen molar-refractivity contribution < 1.29 is 32.6 Å². The van der Waals surface area contributed by atoms with Crippen LogP contribution in [0.25, 0.3) is 5.57 Å². The van der Waals surface area contributed by atoms with Crippen LogP contribution in [-0.2, 0) is 27.3 Å². The predicted molar refractivity (Wildman–Crippen MR) is 178 cm³/mol. The Morgan fingerprint density at radius 3 is 2.56 bits per heavy atom. The minimum Gasteiger partial charge on any atom is -0.489 e. The lowest BCUT2D eigenvalue weighted by Gasteiger charge is -2.30. The van der Waals surface area contributed by atoms with Crippen molar-refractivity contribution in [1.82, 2.24) is 15.6 Å². The summed E-state index contributed by atoms with van der Waals surface area (Å²) in [4.78, 5) is 30.2. The molecule has 3 aliphatic rings. The third-order valence-electron chi connectivity index (χ3n) is 9.61. The first kappa shape index (κ1) is 34.0. The number of halogens is 3. The number of fused-ring (bicyclic) bond motifs is 2. The second kappa shape index (κ2) is 14.7. The summed E-state index contributed by atoms with van der Waals surface area (Å²) in [5, 5.41) is 6.92. The number of carbonyl (C=O) groups excluding carboxylic acids is 2. The smallest absolute Gasteiger partial charge is 0.308 e. The number of aryl methyl sites for hydroxylation is 1. The Morgan fingerprint density at radius 1 is 1.04 bits per heavy atom. The van der Waals surface area contributed by atoms with Crippen molar-refractivity contribution in [3.63, 3.8) is 0 Å². The van der Waals surface area contributed by atoms with Gasteiger partial charge in [-0.15, -0.1) is 0 Å².